The number of nitrogens with zero attached hydrogens (tertiary/aromatic N) is 1. The first-order chi connectivity index (χ1) is 6.52. The average molecular weight is 215 g/mol. The summed E-state index contributed by atoms with van der Waals surface area (Å²) in [6, 6.07) is 0. The van der Waals surface area contributed by atoms with E-state index in [1.165, 1.54) is 0 Å². The van der Waals surface area contributed by atoms with Gasteiger partial charge in [-0.3, -0.25) is 4.79 Å². The minimum absolute atomic E-state index is 0.122. The van der Waals surface area contributed by atoms with Crippen molar-refractivity contribution in [3.05, 3.63) is 0 Å². The summed E-state index contributed by atoms with van der Waals surface area (Å²) < 4.78 is 0. The summed E-state index contributed by atoms with van der Waals surface area (Å²) in [6.45, 7) is 8.18. The van der Waals surface area contributed by atoms with Crippen LogP contribution in [-0.2, 0) is 4.79 Å². The van der Waals surface area contributed by atoms with Crippen LogP contribution in [0.2, 0.25) is 0 Å². The summed E-state index contributed by atoms with van der Waals surface area (Å²) in [5, 5.41) is -0.122. The Morgan fingerprint density at radius 1 is 1.36 bits per heavy atom. The molecule has 0 bridgehead atoms. The van der Waals surface area contributed by atoms with Crippen molar-refractivity contribution >= 4 is 18.5 Å². The van der Waals surface area contributed by atoms with Gasteiger partial charge in [-0.25, -0.2) is 0 Å². The molecule has 3 heteroatoms. The molecule has 1 amide bonds. The molecule has 0 radical (unpaired) electrons. The number of likely N-dealkylation sites (tertiary alicyclic amines) is 1. The fourth-order valence-corrected chi connectivity index (χ4v) is 1.86. The number of rotatable bonds is 2. The van der Waals surface area contributed by atoms with Crippen LogP contribution in [0, 0.1) is 11.8 Å². The van der Waals surface area contributed by atoms with E-state index in [9.17, 15) is 4.79 Å². The normalized spacial score (nSPS) is 21.4. The number of amides is 1. The quantitative estimate of drug-likeness (QED) is 0.700. The van der Waals surface area contributed by atoms with Crippen molar-refractivity contribution in [3.8, 4) is 0 Å². The molecule has 1 saturated heterocycles. The Labute approximate surface area is 92.5 Å². The van der Waals surface area contributed by atoms with Crippen molar-refractivity contribution in [2.45, 2.75) is 38.9 Å². The van der Waals surface area contributed by atoms with Crippen LogP contribution in [0.3, 0.4) is 0 Å². The molecule has 0 aromatic rings. The highest BCUT2D eigenvalue weighted by Gasteiger charge is 2.26. The second-order valence-corrected chi connectivity index (χ2v) is 5.25. The molecule has 14 heavy (non-hydrogen) atoms. The van der Waals surface area contributed by atoms with Crippen molar-refractivity contribution in [3.63, 3.8) is 0 Å². The van der Waals surface area contributed by atoms with Gasteiger partial charge in [0.2, 0.25) is 5.91 Å². The Morgan fingerprint density at radius 2 is 1.86 bits per heavy atom. The maximum absolute atomic E-state index is 11.9. The Hall–Kier alpha value is -0.180. The van der Waals surface area contributed by atoms with Gasteiger partial charge >= 0.3 is 0 Å². The van der Waals surface area contributed by atoms with Gasteiger partial charge in [-0.1, -0.05) is 20.8 Å². The summed E-state index contributed by atoms with van der Waals surface area (Å²) >= 11 is 4.36. The van der Waals surface area contributed by atoms with Crippen LogP contribution in [-0.4, -0.2) is 29.1 Å². The van der Waals surface area contributed by atoms with Crippen LogP contribution in [0.5, 0.6) is 0 Å². The minimum atomic E-state index is -0.122. The molecule has 0 aromatic heterocycles. The summed E-state index contributed by atoms with van der Waals surface area (Å²) in [7, 11) is 0. The Bertz CT molecular complexity index is 197. The fraction of sp³-hybridized carbons (Fsp3) is 0.909. The Kier molecular flexibility index (Phi) is 4.30. The van der Waals surface area contributed by atoms with Gasteiger partial charge < -0.3 is 4.90 Å². The topological polar surface area (TPSA) is 20.3 Å². The Morgan fingerprint density at radius 3 is 2.29 bits per heavy atom. The van der Waals surface area contributed by atoms with Crippen LogP contribution >= 0.6 is 12.6 Å². The van der Waals surface area contributed by atoms with E-state index in [-0.39, 0.29) is 11.2 Å². The number of hydrogen-bond donors (Lipinski definition) is 1. The van der Waals surface area contributed by atoms with Gasteiger partial charge in [0.1, 0.15) is 0 Å². The first-order valence-corrected chi connectivity index (χ1v) is 6.01. The van der Waals surface area contributed by atoms with E-state index in [0.717, 1.165) is 31.8 Å². The predicted molar refractivity (Wildman–Crippen MR) is 62.6 cm³/mol. The van der Waals surface area contributed by atoms with Crippen molar-refractivity contribution in [2.24, 2.45) is 11.8 Å². The third-order valence-electron chi connectivity index (χ3n) is 2.98. The fourth-order valence-electron chi connectivity index (χ4n) is 1.70. The van der Waals surface area contributed by atoms with Crippen molar-refractivity contribution in [1.82, 2.24) is 4.90 Å². The van der Waals surface area contributed by atoms with Gasteiger partial charge in [0.05, 0.1) is 5.25 Å². The maximum atomic E-state index is 11.9. The molecule has 1 atom stereocenters. The standard InChI is InChI=1S/C11H21NOS/c1-8(2)10(14)11(13)12-6-4-9(3)5-7-12/h8-10,14H,4-7H2,1-3H3. The molecule has 1 heterocycles. The molecule has 1 aliphatic rings. The third kappa shape index (κ3) is 2.91. The van der Waals surface area contributed by atoms with Crippen LogP contribution < -0.4 is 0 Å². The van der Waals surface area contributed by atoms with Crippen LogP contribution in [0.1, 0.15) is 33.6 Å². The Balaban J connectivity index is 2.45. The summed E-state index contributed by atoms with van der Waals surface area (Å²) in [6.07, 6.45) is 2.29. The van der Waals surface area contributed by atoms with Crippen molar-refractivity contribution < 1.29 is 4.79 Å². The lowest BCUT2D eigenvalue weighted by Gasteiger charge is -2.32. The maximum Gasteiger partial charge on any atom is 0.235 e. The van der Waals surface area contributed by atoms with E-state index in [4.69, 9.17) is 0 Å². The number of piperidine rings is 1. The molecule has 0 aromatic carbocycles. The van der Waals surface area contributed by atoms with E-state index >= 15 is 0 Å². The number of carbonyl (C=O) groups excluding carboxylic acids is 1. The molecule has 0 N–H and O–H groups in total. The molecule has 0 spiro atoms. The average Bonchev–Trinajstić information content (AvgIpc) is 2.16. The monoisotopic (exact) mass is 215 g/mol. The van der Waals surface area contributed by atoms with Gasteiger partial charge in [-0.15, -0.1) is 0 Å². The first-order valence-electron chi connectivity index (χ1n) is 5.49. The van der Waals surface area contributed by atoms with E-state index in [0.29, 0.717) is 5.92 Å². The zero-order valence-corrected chi connectivity index (χ0v) is 10.3. The minimum Gasteiger partial charge on any atom is -0.342 e. The first kappa shape index (κ1) is 11.9. The highest BCUT2D eigenvalue weighted by Crippen LogP contribution is 2.19. The molecular weight excluding hydrogens is 194 g/mol. The lowest BCUT2D eigenvalue weighted by molar-refractivity contribution is -0.132. The molecular formula is C11H21NOS. The largest absolute Gasteiger partial charge is 0.342 e. The highest BCUT2D eigenvalue weighted by atomic mass is 32.1. The number of thiol groups is 1. The molecule has 1 aliphatic heterocycles. The van der Waals surface area contributed by atoms with Crippen LogP contribution in [0.4, 0.5) is 0 Å². The molecule has 1 rings (SSSR count). The second-order valence-electron chi connectivity index (χ2n) is 4.70. The van der Waals surface area contributed by atoms with E-state index < -0.39 is 0 Å². The molecule has 82 valence electrons. The summed E-state index contributed by atoms with van der Waals surface area (Å²) in [5.74, 6) is 1.32. The van der Waals surface area contributed by atoms with E-state index in [2.05, 4.69) is 19.6 Å². The van der Waals surface area contributed by atoms with Gasteiger partial charge in [-0.2, -0.15) is 12.6 Å². The van der Waals surface area contributed by atoms with Crippen LogP contribution in [0.25, 0.3) is 0 Å². The molecule has 0 saturated carbocycles. The van der Waals surface area contributed by atoms with E-state index in [1.54, 1.807) is 0 Å². The smallest absolute Gasteiger partial charge is 0.235 e. The van der Waals surface area contributed by atoms with Gasteiger partial charge in [-0.05, 0) is 24.7 Å². The van der Waals surface area contributed by atoms with Gasteiger partial charge in [0, 0.05) is 13.1 Å². The zero-order chi connectivity index (χ0) is 10.7. The van der Waals surface area contributed by atoms with Crippen molar-refractivity contribution in [1.29, 1.82) is 0 Å². The van der Waals surface area contributed by atoms with Gasteiger partial charge in [0.25, 0.3) is 0 Å². The molecule has 2 nitrogen and oxygen atoms in total. The lowest BCUT2D eigenvalue weighted by atomic mass is 9.98. The predicted octanol–water partition coefficient (Wildman–Crippen LogP) is 2.20. The number of carbonyl (C=O) groups is 1. The van der Waals surface area contributed by atoms with Crippen molar-refractivity contribution in [2.75, 3.05) is 13.1 Å². The molecule has 1 fully saturated rings. The molecule has 0 aliphatic carbocycles. The third-order valence-corrected chi connectivity index (χ3v) is 3.80. The summed E-state index contributed by atoms with van der Waals surface area (Å²) in [5.41, 5.74) is 0. The highest BCUT2D eigenvalue weighted by molar-refractivity contribution is 7.81. The van der Waals surface area contributed by atoms with Gasteiger partial charge in [0.15, 0.2) is 0 Å². The lowest BCUT2D eigenvalue weighted by Crippen LogP contribution is -2.43. The summed E-state index contributed by atoms with van der Waals surface area (Å²) in [4.78, 5) is 13.9. The van der Waals surface area contributed by atoms with Crippen LogP contribution in [0.15, 0.2) is 0 Å². The molecule has 1 unspecified atom stereocenters. The number of hydrogen-bond acceptors (Lipinski definition) is 2. The zero-order valence-electron chi connectivity index (χ0n) is 9.36. The SMILES string of the molecule is CC1CCN(C(=O)C(S)C(C)C)CC1. The second kappa shape index (κ2) is 5.06. The van der Waals surface area contributed by atoms with E-state index in [1.807, 2.05) is 18.7 Å².